The largest absolute Gasteiger partial charge is 0.309 e. The maximum absolute atomic E-state index is 6.45. The van der Waals surface area contributed by atoms with E-state index in [2.05, 4.69) is 48.8 Å². The van der Waals surface area contributed by atoms with Crippen molar-refractivity contribution in [2.45, 2.75) is 38.6 Å². The van der Waals surface area contributed by atoms with Gasteiger partial charge in [-0.05, 0) is 54.3 Å². The lowest BCUT2D eigenvalue weighted by molar-refractivity contribution is 0.440. The van der Waals surface area contributed by atoms with E-state index in [9.17, 15) is 0 Å². The van der Waals surface area contributed by atoms with Gasteiger partial charge in [-0.1, -0.05) is 42.8 Å². The first-order valence-corrected chi connectivity index (χ1v) is 8.51. The molecule has 3 heteroatoms. The van der Waals surface area contributed by atoms with E-state index in [0.717, 1.165) is 18.0 Å². The van der Waals surface area contributed by atoms with Gasteiger partial charge in [0.05, 0.1) is 5.02 Å². The van der Waals surface area contributed by atoms with Crippen molar-refractivity contribution in [3.63, 3.8) is 0 Å². The number of halogens is 1. The van der Waals surface area contributed by atoms with Crippen LogP contribution in [0.4, 0.5) is 0 Å². The van der Waals surface area contributed by atoms with Crippen LogP contribution in [0, 0.1) is 6.92 Å². The molecule has 0 fully saturated rings. The van der Waals surface area contributed by atoms with Crippen molar-refractivity contribution in [1.29, 1.82) is 0 Å². The fourth-order valence-electron chi connectivity index (χ4n) is 3.07. The summed E-state index contributed by atoms with van der Waals surface area (Å²) in [5.74, 6) is 0.675. The van der Waals surface area contributed by atoms with E-state index < -0.39 is 0 Å². The Kier molecular flexibility index (Phi) is 4.16. The van der Waals surface area contributed by atoms with Crippen molar-refractivity contribution < 1.29 is 0 Å². The van der Waals surface area contributed by atoms with Gasteiger partial charge in [0, 0.05) is 10.9 Å². The second-order valence-corrected chi connectivity index (χ2v) is 6.83. The maximum atomic E-state index is 6.45. The molecule has 1 heterocycles. The van der Waals surface area contributed by atoms with Gasteiger partial charge in [-0.3, -0.25) is 0 Å². The minimum Gasteiger partial charge on any atom is -0.309 e. The van der Waals surface area contributed by atoms with Gasteiger partial charge in [0.15, 0.2) is 0 Å². The number of hydrogen-bond donors (Lipinski definition) is 1. The molecule has 1 aliphatic rings. The van der Waals surface area contributed by atoms with Gasteiger partial charge in [0.25, 0.3) is 0 Å². The van der Waals surface area contributed by atoms with Crippen LogP contribution in [-0.2, 0) is 6.42 Å². The highest BCUT2D eigenvalue weighted by atomic mass is 35.5. The Balaban J connectivity index is 1.78. The molecule has 0 saturated heterocycles. The van der Waals surface area contributed by atoms with Gasteiger partial charge in [0.2, 0.25) is 0 Å². The summed E-state index contributed by atoms with van der Waals surface area (Å²) in [6.45, 7) is 5.23. The molecule has 1 nitrogen and oxygen atoms in total. The zero-order valence-corrected chi connectivity index (χ0v) is 13.5. The molecule has 0 spiro atoms. The smallest absolute Gasteiger partial charge is 0.0590 e. The molecule has 0 radical (unpaired) electrons. The second-order valence-electron chi connectivity index (χ2n) is 5.54. The van der Waals surface area contributed by atoms with Crippen LogP contribution in [-0.4, -0.2) is 6.54 Å². The Hall–Kier alpha value is -0.830. The summed E-state index contributed by atoms with van der Waals surface area (Å²) in [5.41, 5.74) is 4.24. The fraction of sp³-hybridized carbons (Fsp3) is 0.412. The van der Waals surface area contributed by atoms with E-state index in [1.807, 2.05) is 0 Å². The van der Waals surface area contributed by atoms with Gasteiger partial charge in [-0.25, -0.2) is 0 Å². The standard InChI is InChI=1S/C17H20ClNS/c1-3-19-15(17-16(18)11(2)10-20-17)9-13-8-12-6-4-5-7-14(12)13/h4-7,10,13,15,19H,3,8-9H2,1-2H3. The zero-order valence-electron chi connectivity index (χ0n) is 11.9. The average Bonchev–Trinajstić information content (AvgIpc) is 2.75. The van der Waals surface area contributed by atoms with Crippen LogP contribution >= 0.6 is 22.9 Å². The Morgan fingerprint density at radius 2 is 2.20 bits per heavy atom. The maximum Gasteiger partial charge on any atom is 0.0590 e. The molecule has 1 N–H and O–H groups in total. The molecule has 0 saturated carbocycles. The van der Waals surface area contributed by atoms with Gasteiger partial charge in [-0.2, -0.15) is 0 Å². The Morgan fingerprint density at radius 3 is 2.85 bits per heavy atom. The molecule has 1 aromatic heterocycles. The van der Waals surface area contributed by atoms with Crippen molar-refractivity contribution in [3.05, 3.63) is 56.2 Å². The molecular formula is C17H20ClNS. The fourth-order valence-corrected chi connectivity index (χ4v) is 4.49. The first-order chi connectivity index (χ1) is 9.70. The van der Waals surface area contributed by atoms with E-state index >= 15 is 0 Å². The number of hydrogen-bond acceptors (Lipinski definition) is 2. The van der Waals surface area contributed by atoms with Crippen molar-refractivity contribution in [1.82, 2.24) is 5.32 Å². The Labute approximate surface area is 130 Å². The zero-order chi connectivity index (χ0) is 14.1. The molecule has 0 bridgehead atoms. The first kappa shape index (κ1) is 14.1. The molecule has 2 atom stereocenters. The van der Waals surface area contributed by atoms with Crippen LogP contribution in [0.25, 0.3) is 0 Å². The Bertz CT molecular complexity index is 605. The van der Waals surface area contributed by atoms with Gasteiger partial charge < -0.3 is 5.32 Å². The van der Waals surface area contributed by atoms with E-state index in [-0.39, 0.29) is 0 Å². The SMILES string of the molecule is CCNC(CC1Cc2ccccc21)c1scc(C)c1Cl. The molecule has 2 aromatic rings. The predicted molar refractivity (Wildman–Crippen MR) is 88.0 cm³/mol. The lowest BCUT2D eigenvalue weighted by Gasteiger charge is -2.33. The van der Waals surface area contributed by atoms with Crippen LogP contribution in [0.15, 0.2) is 29.6 Å². The highest BCUT2D eigenvalue weighted by Crippen LogP contribution is 2.43. The quantitative estimate of drug-likeness (QED) is 0.811. The summed E-state index contributed by atoms with van der Waals surface area (Å²) in [6, 6.07) is 9.18. The number of aryl methyl sites for hydroxylation is 1. The molecule has 0 amide bonds. The number of thiophene rings is 1. The van der Waals surface area contributed by atoms with E-state index in [0.29, 0.717) is 12.0 Å². The normalized spacial score (nSPS) is 18.4. The van der Waals surface area contributed by atoms with E-state index in [4.69, 9.17) is 11.6 Å². The molecule has 1 aliphatic carbocycles. The number of benzene rings is 1. The first-order valence-electron chi connectivity index (χ1n) is 7.25. The molecule has 20 heavy (non-hydrogen) atoms. The summed E-state index contributed by atoms with van der Waals surface area (Å²) in [7, 11) is 0. The monoisotopic (exact) mass is 305 g/mol. The number of nitrogens with one attached hydrogen (secondary N) is 1. The average molecular weight is 306 g/mol. The molecular weight excluding hydrogens is 286 g/mol. The van der Waals surface area contributed by atoms with Crippen LogP contribution < -0.4 is 5.32 Å². The highest BCUT2D eigenvalue weighted by molar-refractivity contribution is 7.10. The Morgan fingerprint density at radius 1 is 1.40 bits per heavy atom. The highest BCUT2D eigenvalue weighted by Gasteiger charge is 2.29. The summed E-state index contributed by atoms with van der Waals surface area (Å²) < 4.78 is 0. The molecule has 106 valence electrons. The third-order valence-corrected chi connectivity index (χ3v) is 6.00. The van der Waals surface area contributed by atoms with Crippen LogP contribution in [0.3, 0.4) is 0 Å². The van der Waals surface area contributed by atoms with E-state index in [1.165, 1.54) is 28.0 Å². The molecule has 3 rings (SSSR count). The second kappa shape index (κ2) is 5.88. The van der Waals surface area contributed by atoms with Gasteiger partial charge in [-0.15, -0.1) is 11.3 Å². The van der Waals surface area contributed by atoms with Crippen LogP contribution in [0.5, 0.6) is 0 Å². The topological polar surface area (TPSA) is 12.0 Å². The summed E-state index contributed by atoms with van der Waals surface area (Å²) in [4.78, 5) is 1.30. The van der Waals surface area contributed by atoms with Crippen LogP contribution in [0.2, 0.25) is 5.02 Å². The summed E-state index contributed by atoms with van der Waals surface area (Å²) in [6.07, 6.45) is 2.35. The summed E-state index contributed by atoms with van der Waals surface area (Å²) in [5, 5.41) is 6.72. The molecule has 2 unspecified atom stereocenters. The lowest BCUT2D eigenvalue weighted by atomic mass is 9.74. The predicted octanol–water partition coefficient (Wildman–Crippen LogP) is 5.09. The van der Waals surface area contributed by atoms with Crippen molar-refractivity contribution >= 4 is 22.9 Å². The number of fused-ring (bicyclic) bond motifs is 1. The van der Waals surface area contributed by atoms with Crippen molar-refractivity contribution in [2.24, 2.45) is 0 Å². The number of rotatable bonds is 5. The molecule has 0 aliphatic heterocycles. The van der Waals surface area contributed by atoms with Crippen molar-refractivity contribution in [3.8, 4) is 0 Å². The minimum absolute atomic E-state index is 0.379. The summed E-state index contributed by atoms with van der Waals surface area (Å²) >= 11 is 8.24. The third-order valence-electron chi connectivity index (χ3n) is 4.17. The minimum atomic E-state index is 0.379. The van der Waals surface area contributed by atoms with E-state index in [1.54, 1.807) is 11.3 Å². The van der Waals surface area contributed by atoms with Crippen molar-refractivity contribution in [2.75, 3.05) is 6.54 Å². The third kappa shape index (κ3) is 2.52. The van der Waals surface area contributed by atoms with Gasteiger partial charge >= 0.3 is 0 Å². The lowest BCUT2D eigenvalue weighted by Crippen LogP contribution is -2.26. The van der Waals surface area contributed by atoms with Crippen LogP contribution in [0.1, 0.15) is 46.9 Å². The molecule has 1 aromatic carbocycles. The van der Waals surface area contributed by atoms with Gasteiger partial charge in [0.1, 0.15) is 0 Å².